The molecule has 0 aromatic rings. The Morgan fingerprint density at radius 3 is 0.500 bits per heavy atom. The van der Waals surface area contributed by atoms with E-state index in [0.29, 0.717) is 0 Å². The van der Waals surface area contributed by atoms with E-state index in [4.69, 9.17) is 42.0 Å². The van der Waals surface area contributed by atoms with Crippen LogP contribution in [0.5, 0.6) is 0 Å². The van der Waals surface area contributed by atoms with Gasteiger partial charge in [-0.1, -0.05) is 0 Å². The molecular weight excluding hydrogens is 296 g/mol. The van der Waals surface area contributed by atoms with Crippen LogP contribution in [0.1, 0.15) is 0 Å². The van der Waals surface area contributed by atoms with Crippen molar-refractivity contribution in [1.82, 2.24) is 0 Å². The van der Waals surface area contributed by atoms with Crippen LogP contribution in [-0.4, -0.2) is 0 Å². The molecule has 0 aromatic heterocycles. The molecular formula is H2Fe2N4O4S2-3. The zero-order valence-corrected chi connectivity index (χ0v) is 9.02. The fourth-order valence-electron chi connectivity index (χ4n) is 0. The van der Waals surface area contributed by atoms with E-state index in [0.717, 1.165) is 0 Å². The van der Waals surface area contributed by atoms with Crippen LogP contribution in [0.2, 0.25) is 0 Å². The monoisotopic (exact) mass is 298 g/mol. The maximum absolute atomic E-state index is 7.25. The van der Waals surface area contributed by atoms with Gasteiger partial charge >= 0.3 is 17.1 Å². The van der Waals surface area contributed by atoms with Crippen LogP contribution < -0.4 is 0 Å². The van der Waals surface area contributed by atoms with Gasteiger partial charge in [0, 0.05) is 17.1 Å². The van der Waals surface area contributed by atoms with Crippen LogP contribution >= 0.6 is 0 Å². The summed E-state index contributed by atoms with van der Waals surface area (Å²) >= 11 is 0. The van der Waals surface area contributed by atoms with Crippen molar-refractivity contribution in [2.24, 2.45) is 0 Å². The zero-order chi connectivity index (χ0) is 8.00. The summed E-state index contributed by atoms with van der Waals surface area (Å²) < 4.78 is 0. The van der Waals surface area contributed by atoms with Crippen molar-refractivity contribution in [1.29, 1.82) is 0 Å². The first-order chi connectivity index (χ1) is 4.00. The van der Waals surface area contributed by atoms with Gasteiger partial charge in [-0.2, -0.15) is 0 Å². The second-order valence-corrected chi connectivity index (χ2v) is 0. The van der Waals surface area contributed by atoms with Crippen LogP contribution in [0.3, 0.4) is 0 Å². The fraction of sp³-hybridized carbons (Fsp3) is 0. The Bertz CT molecular complexity index is 31.0. The first kappa shape index (κ1) is 87.9. The number of hydrogen-bond acceptors (Lipinski definition) is 6. The first-order valence-electron chi connectivity index (χ1n) is 0.730. The molecule has 0 N–H and O–H groups in total. The third kappa shape index (κ3) is 43900. The van der Waals surface area contributed by atoms with Gasteiger partial charge in [0.1, 0.15) is 0 Å². The van der Waals surface area contributed by atoms with Crippen LogP contribution in [0.15, 0.2) is 0 Å². The Morgan fingerprint density at radius 2 is 0.500 bits per heavy atom. The van der Waals surface area contributed by atoms with E-state index in [-0.39, 0.29) is 61.1 Å². The number of nitrogens with zero attached hydrogens (tertiary/aromatic N) is 4. The van der Waals surface area contributed by atoms with Crippen LogP contribution in [-0.2, 0) is 61.1 Å². The first-order valence-corrected chi connectivity index (χ1v) is 0.730. The number of rotatable bonds is 0. The van der Waals surface area contributed by atoms with Crippen molar-refractivity contribution < 1.29 is 34.1 Å². The van der Waals surface area contributed by atoms with Crippen molar-refractivity contribution >= 4 is 27.0 Å². The average molecular weight is 298 g/mol. The maximum atomic E-state index is 7.25. The van der Waals surface area contributed by atoms with E-state index < -0.39 is 0 Å². The minimum Gasteiger partial charge on any atom is -0.813 e. The van der Waals surface area contributed by atoms with Crippen molar-refractivity contribution in [3.8, 4) is 0 Å². The molecule has 0 spiro atoms. The van der Waals surface area contributed by atoms with Gasteiger partial charge in [0.15, 0.2) is 0 Å². The molecule has 0 aliphatic rings. The summed E-state index contributed by atoms with van der Waals surface area (Å²) in [6.07, 6.45) is 0. The van der Waals surface area contributed by atoms with Crippen molar-refractivity contribution in [2.75, 3.05) is 0 Å². The van der Waals surface area contributed by atoms with Gasteiger partial charge in [-0.3, -0.25) is 0 Å². The minimum atomic E-state index is 0. The minimum absolute atomic E-state index is 0. The largest absolute Gasteiger partial charge is 3.00 e. The van der Waals surface area contributed by atoms with Gasteiger partial charge < -0.3 is 69.0 Å². The summed E-state index contributed by atoms with van der Waals surface area (Å²) in [5.74, 6) is 0. The molecule has 12 heteroatoms. The molecule has 0 aliphatic heterocycles. The third-order valence-corrected chi connectivity index (χ3v) is 0. The van der Waals surface area contributed by atoms with E-state index in [1.54, 1.807) is 0 Å². The van der Waals surface area contributed by atoms with Crippen LogP contribution in [0.4, 0.5) is 0 Å². The Labute approximate surface area is 103 Å². The molecule has 0 unspecified atom stereocenters. The summed E-state index contributed by atoms with van der Waals surface area (Å²) in [6, 6.07) is 0. The van der Waals surface area contributed by atoms with Crippen molar-refractivity contribution in [3.05, 3.63) is 42.0 Å². The van der Waals surface area contributed by atoms with E-state index in [1.165, 1.54) is 0 Å². The topological polar surface area (TPSA) is 157 Å². The van der Waals surface area contributed by atoms with Gasteiger partial charge in [-0.25, -0.2) is 0 Å². The molecule has 0 fully saturated rings. The molecule has 0 bridgehead atoms. The Morgan fingerprint density at radius 1 is 0.500 bits per heavy atom. The molecule has 0 aliphatic carbocycles. The average Bonchev–Trinajstić information content (AvgIpc) is 2.03. The summed E-state index contributed by atoms with van der Waals surface area (Å²) in [7, 11) is 0. The second kappa shape index (κ2) is 59300. The molecule has 0 aromatic carbocycles. The third-order valence-electron chi connectivity index (χ3n) is 0. The summed E-state index contributed by atoms with van der Waals surface area (Å²) in [4.78, 5) is 29.0. The van der Waals surface area contributed by atoms with Crippen molar-refractivity contribution in [2.45, 2.75) is 0 Å². The normalized spacial score (nSPS) is 1.33. The summed E-state index contributed by atoms with van der Waals surface area (Å²) in [5, 5.41) is 0. The van der Waals surface area contributed by atoms with Gasteiger partial charge in [0.05, 0.1) is 0 Å². The van der Waals surface area contributed by atoms with E-state index >= 15 is 0 Å². The Kier molecular flexibility index (Phi) is 434000. The smallest absolute Gasteiger partial charge is 0.813 e. The molecule has 0 amide bonds. The van der Waals surface area contributed by atoms with Gasteiger partial charge in [0.2, 0.25) is 0 Å². The molecule has 77 valence electrons. The molecule has 0 atom stereocenters. The molecule has 8 nitrogen and oxygen atoms in total. The molecule has 0 saturated carbocycles. The summed E-state index contributed by atoms with van der Waals surface area (Å²) in [5.41, 5.74) is 23.0. The van der Waals surface area contributed by atoms with E-state index in [1.807, 2.05) is 0 Å². The predicted molar refractivity (Wildman–Crippen MR) is 44.4 cm³/mol. The number of hydrogen-bond donors (Lipinski definition) is 0. The zero-order valence-electron chi connectivity index (χ0n) is 5.02. The second-order valence-electron chi connectivity index (χ2n) is 0. The fourth-order valence-corrected chi connectivity index (χ4v) is 0. The predicted octanol–water partition coefficient (Wildman–Crippen LogP) is 0.744. The van der Waals surface area contributed by atoms with E-state index in [9.17, 15) is 0 Å². The Hall–Kier alpha value is 0.139. The molecule has 12 heavy (non-hydrogen) atoms. The van der Waals surface area contributed by atoms with E-state index in [2.05, 4.69) is 0 Å². The molecule has 0 saturated heterocycles. The molecule has 1 radical (unpaired) electrons. The standard InChI is InChI=1S/2Fe.4NO.2H2S/c;;4*1-2;;/h;;;;;;2*1H2/q;+3;4*-1;;/p-2. The van der Waals surface area contributed by atoms with Gasteiger partial charge in [-0.15, -0.1) is 0 Å². The Balaban J connectivity index is -0.00000000267. The molecule has 0 rings (SSSR count). The number of nitroso groups, excluding NO2 is 4. The van der Waals surface area contributed by atoms with Crippen LogP contribution in [0.25, 0.3) is 22.4 Å². The van der Waals surface area contributed by atoms with Gasteiger partial charge in [-0.05, 0) is 0 Å². The molecule has 0 heterocycles. The number of thiol groups is 2. The maximum Gasteiger partial charge on any atom is 3.00 e. The quantitative estimate of drug-likeness (QED) is 0.364. The SMILES string of the molecule is [Fe+3].[Fe].[N-]=O.[N-]=O.[N-]=O.[N-]=O.[SH-].[SH-]. The van der Waals surface area contributed by atoms with Gasteiger partial charge in [0.25, 0.3) is 0 Å². The van der Waals surface area contributed by atoms with Crippen molar-refractivity contribution in [3.63, 3.8) is 0 Å². The summed E-state index contributed by atoms with van der Waals surface area (Å²) in [6.45, 7) is 0. The van der Waals surface area contributed by atoms with Crippen LogP contribution in [0, 0.1) is 19.6 Å².